The van der Waals surface area contributed by atoms with E-state index in [0.29, 0.717) is 6.04 Å². The van der Waals surface area contributed by atoms with Crippen molar-refractivity contribution in [3.63, 3.8) is 0 Å². The van der Waals surface area contributed by atoms with Gasteiger partial charge in [0.05, 0.1) is 0 Å². The first-order valence-corrected chi connectivity index (χ1v) is 10.8. The molecule has 3 aromatic rings. The van der Waals surface area contributed by atoms with E-state index < -0.39 is 0 Å². The number of pyridine rings is 1. The van der Waals surface area contributed by atoms with Crippen LogP contribution in [-0.4, -0.2) is 43.7 Å². The Morgan fingerprint density at radius 3 is 2.58 bits per heavy atom. The van der Waals surface area contributed by atoms with E-state index >= 15 is 0 Å². The molecule has 0 atom stereocenters. The molecule has 1 saturated heterocycles. The summed E-state index contributed by atoms with van der Waals surface area (Å²) in [5.41, 5.74) is 2.57. The minimum atomic E-state index is 0. The molecule has 0 spiro atoms. The van der Waals surface area contributed by atoms with Gasteiger partial charge >= 0.3 is 0 Å². The number of aliphatic imine (C=N–C) groups is 1. The third-order valence-corrected chi connectivity index (χ3v) is 5.85. The van der Waals surface area contributed by atoms with Crippen molar-refractivity contribution in [1.82, 2.24) is 15.6 Å². The van der Waals surface area contributed by atoms with Crippen molar-refractivity contribution in [2.75, 3.05) is 31.6 Å². The van der Waals surface area contributed by atoms with Crippen LogP contribution in [0.15, 0.2) is 65.8 Å². The Hall–Kier alpha value is -2.35. The monoisotopic (exact) mass is 529 g/mol. The van der Waals surface area contributed by atoms with Crippen molar-refractivity contribution in [1.29, 1.82) is 0 Å². The Morgan fingerprint density at radius 1 is 1.06 bits per heavy atom. The van der Waals surface area contributed by atoms with Gasteiger partial charge in [-0.1, -0.05) is 48.5 Å². The summed E-state index contributed by atoms with van der Waals surface area (Å²) in [5, 5.41) is 9.73. The summed E-state index contributed by atoms with van der Waals surface area (Å²) in [4.78, 5) is 11.4. The van der Waals surface area contributed by atoms with Crippen LogP contribution in [-0.2, 0) is 6.42 Å². The smallest absolute Gasteiger partial charge is 0.191 e. The number of anilines is 1. The van der Waals surface area contributed by atoms with E-state index in [2.05, 4.69) is 87.0 Å². The molecule has 1 aliphatic heterocycles. The van der Waals surface area contributed by atoms with Crippen molar-refractivity contribution in [2.45, 2.75) is 32.2 Å². The zero-order chi connectivity index (χ0) is 20.8. The van der Waals surface area contributed by atoms with E-state index in [4.69, 9.17) is 0 Å². The van der Waals surface area contributed by atoms with Crippen LogP contribution < -0.4 is 15.5 Å². The standard InChI is InChI=1S/C25H31N5.HI/c1-19-10-11-24(28-18-19)30-16-13-22(14-17-30)29-25(26-2)27-15-12-21-8-5-7-20-6-3-4-9-23(20)21;/h3-11,18,22H,12-17H2,1-2H3,(H2,26,27,29);1H. The van der Waals surface area contributed by atoms with Crippen LogP contribution >= 0.6 is 24.0 Å². The van der Waals surface area contributed by atoms with Gasteiger partial charge in [-0.2, -0.15) is 0 Å². The molecule has 1 fully saturated rings. The molecule has 6 heteroatoms. The first-order valence-electron chi connectivity index (χ1n) is 10.8. The van der Waals surface area contributed by atoms with E-state index in [9.17, 15) is 0 Å². The van der Waals surface area contributed by atoms with Crippen molar-refractivity contribution in [3.8, 4) is 0 Å². The fourth-order valence-electron chi connectivity index (χ4n) is 4.11. The van der Waals surface area contributed by atoms with Gasteiger partial charge in [0.1, 0.15) is 5.82 Å². The van der Waals surface area contributed by atoms with Crippen LogP contribution in [0.4, 0.5) is 5.82 Å². The summed E-state index contributed by atoms with van der Waals surface area (Å²) < 4.78 is 0. The first kappa shape index (κ1) is 23.3. The number of guanidine groups is 1. The van der Waals surface area contributed by atoms with Crippen LogP contribution in [0, 0.1) is 6.92 Å². The number of nitrogens with one attached hydrogen (secondary N) is 2. The summed E-state index contributed by atoms with van der Waals surface area (Å²) in [6, 6.07) is 19.8. The fourth-order valence-corrected chi connectivity index (χ4v) is 4.11. The molecule has 0 saturated carbocycles. The zero-order valence-electron chi connectivity index (χ0n) is 18.3. The minimum absolute atomic E-state index is 0. The van der Waals surface area contributed by atoms with Crippen molar-refractivity contribution < 1.29 is 0 Å². The lowest BCUT2D eigenvalue weighted by Crippen LogP contribution is -2.49. The van der Waals surface area contributed by atoms with Crippen LogP contribution in [0.5, 0.6) is 0 Å². The van der Waals surface area contributed by atoms with E-state index in [-0.39, 0.29) is 24.0 Å². The molecular formula is C25H32IN5. The zero-order valence-corrected chi connectivity index (χ0v) is 20.7. The summed E-state index contributed by atoms with van der Waals surface area (Å²) in [6.45, 7) is 4.97. The average molecular weight is 529 g/mol. The number of hydrogen-bond acceptors (Lipinski definition) is 3. The molecule has 0 aliphatic carbocycles. The van der Waals surface area contributed by atoms with Gasteiger partial charge < -0.3 is 15.5 Å². The topological polar surface area (TPSA) is 52.6 Å². The second kappa shape index (κ2) is 11.3. The molecule has 0 bridgehead atoms. The highest BCUT2D eigenvalue weighted by Gasteiger charge is 2.20. The molecule has 1 aromatic heterocycles. The third-order valence-electron chi connectivity index (χ3n) is 5.85. The molecule has 2 N–H and O–H groups in total. The second-order valence-electron chi connectivity index (χ2n) is 7.99. The molecule has 31 heavy (non-hydrogen) atoms. The van der Waals surface area contributed by atoms with Gasteiger partial charge in [-0.3, -0.25) is 4.99 Å². The van der Waals surface area contributed by atoms with E-state index in [0.717, 1.165) is 50.7 Å². The summed E-state index contributed by atoms with van der Waals surface area (Å²) in [6.07, 6.45) is 5.08. The van der Waals surface area contributed by atoms with E-state index in [1.165, 1.54) is 21.9 Å². The van der Waals surface area contributed by atoms with Gasteiger partial charge in [-0.05, 0) is 54.2 Å². The Balaban J connectivity index is 0.00000272. The maximum Gasteiger partial charge on any atom is 0.191 e. The molecule has 0 amide bonds. The number of nitrogens with zero attached hydrogens (tertiary/aromatic N) is 3. The Bertz CT molecular complexity index is 989. The number of aryl methyl sites for hydroxylation is 1. The molecule has 4 rings (SSSR count). The fraction of sp³-hybridized carbons (Fsp3) is 0.360. The lowest BCUT2D eigenvalue weighted by atomic mass is 10.0. The maximum absolute atomic E-state index is 4.56. The average Bonchev–Trinajstić information content (AvgIpc) is 2.79. The van der Waals surface area contributed by atoms with Gasteiger partial charge in [0.25, 0.3) is 0 Å². The number of piperidine rings is 1. The van der Waals surface area contributed by atoms with Gasteiger partial charge in [-0.25, -0.2) is 4.98 Å². The van der Waals surface area contributed by atoms with Gasteiger partial charge in [0, 0.05) is 38.9 Å². The lowest BCUT2D eigenvalue weighted by Gasteiger charge is -2.33. The van der Waals surface area contributed by atoms with Crippen LogP contribution in [0.1, 0.15) is 24.0 Å². The predicted octanol–water partition coefficient (Wildman–Crippen LogP) is 4.54. The first-order chi connectivity index (χ1) is 14.7. The largest absolute Gasteiger partial charge is 0.356 e. The van der Waals surface area contributed by atoms with Crippen LogP contribution in [0.3, 0.4) is 0 Å². The van der Waals surface area contributed by atoms with Crippen molar-refractivity contribution in [3.05, 3.63) is 71.9 Å². The maximum atomic E-state index is 4.56. The van der Waals surface area contributed by atoms with Crippen molar-refractivity contribution >= 4 is 46.5 Å². The van der Waals surface area contributed by atoms with Crippen molar-refractivity contribution in [2.24, 2.45) is 4.99 Å². The quantitative estimate of drug-likeness (QED) is 0.290. The SMILES string of the molecule is CN=C(NCCc1cccc2ccccc12)NC1CCN(c2ccc(C)cn2)CC1.I. The summed E-state index contributed by atoms with van der Waals surface area (Å²) >= 11 is 0. The predicted molar refractivity (Wildman–Crippen MR) is 142 cm³/mol. The number of halogens is 1. The Morgan fingerprint density at radius 2 is 1.84 bits per heavy atom. The van der Waals surface area contributed by atoms with Crippen LogP contribution in [0.2, 0.25) is 0 Å². The summed E-state index contributed by atoms with van der Waals surface area (Å²) in [5.74, 6) is 1.97. The molecule has 5 nitrogen and oxygen atoms in total. The number of fused-ring (bicyclic) bond motifs is 1. The molecule has 0 unspecified atom stereocenters. The Labute approximate surface area is 202 Å². The van der Waals surface area contributed by atoms with Gasteiger partial charge in [0.15, 0.2) is 5.96 Å². The number of benzene rings is 2. The van der Waals surface area contributed by atoms with Gasteiger partial charge in [0.2, 0.25) is 0 Å². The lowest BCUT2D eigenvalue weighted by molar-refractivity contribution is 0.459. The summed E-state index contributed by atoms with van der Waals surface area (Å²) in [7, 11) is 1.85. The normalized spacial score (nSPS) is 14.9. The molecule has 1 aliphatic rings. The number of aromatic nitrogens is 1. The second-order valence-corrected chi connectivity index (χ2v) is 7.99. The van der Waals surface area contributed by atoms with E-state index in [1.54, 1.807) is 0 Å². The van der Waals surface area contributed by atoms with Gasteiger partial charge in [-0.15, -0.1) is 24.0 Å². The molecular weight excluding hydrogens is 497 g/mol. The minimum Gasteiger partial charge on any atom is -0.356 e. The highest BCUT2D eigenvalue weighted by molar-refractivity contribution is 14.0. The highest BCUT2D eigenvalue weighted by atomic mass is 127. The third kappa shape index (κ3) is 6.09. The molecule has 0 radical (unpaired) electrons. The molecule has 2 heterocycles. The van der Waals surface area contributed by atoms with Crippen LogP contribution in [0.25, 0.3) is 10.8 Å². The molecule has 2 aromatic carbocycles. The molecule has 164 valence electrons. The number of rotatable bonds is 5. The highest BCUT2D eigenvalue weighted by Crippen LogP contribution is 2.19. The number of hydrogen-bond donors (Lipinski definition) is 2. The van der Waals surface area contributed by atoms with E-state index in [1.807, 2.05) is 13.2 Å². The Kier molecular flexibility index (Phi) is 8.51.